The van der Waals surface area contributed by atoms with Crippen LogP contribution < -0.4 is 0 Å². The van der Waals surface area contributed by atoms with Crippen LogP contribution in [0.25, 0.3) is 0 Å². The summed E-state index contributed by atoms with van der Waals surface area (Å²) in [7, 11) is -3.54. The van der Waals surface area contributed by atoms with Gasteiger partial charge >= 0.3 is 0 Å². The Kier molecular flexibility index (Phi) is 4.18. The fourth-order valence-corrected chi connectivity index (χ4v) is 3.50. The van der Waals surface area contributed by atoms with E-state index in [4.69, 9.17) is 11.6 Å². The van der Waals surface area contributed by atoms with E-state index in [9.17, 15) is 8.42 Å². The highest BCUT2D eigenvalue weighted by Crippen LogP contribution is 2.31. The molecule has 1 aliphatic rings. The molecule has 2 rings (SSSR count). The van der Waals surface area contributed by atoms with Crippen LogP contribution in [0.2, 0.25) is 5.28 Å². The van der Waals surface area contributed by atoms with Gasteiger partial charge in [-0.25, -0.2) is 18.4 Å². The second-order valence-corrected chi connectivity index (χ2v) is 8.06. The molecule has 0 unspecified atom stereocenters. The SMILES string of the molecule is CC(C)(C)C1=CCN(S(=O)(=O)c2cnc(Cl)nc2)CC1. The van der Waals surface area contributed by atoms with E-state index >= 15 is 0 Å². The molecule has 7 heteroatoms. The van der Waals surface area contributed by atoms with Crippen LogP contribution in [0.15, 0.2) is 28.9 Å². The fourth-order valence-electron chi connectivity index (χ4n) is 2.13. The summed E-state index contributed by atoms with van der Waals surface area (Å²) in [5.41, 5.74) is 1.37. The summed E-state index contributed by atoms with van der Waals surface area (Å²) in [6.07, 6.45) is 5.23. The third kappa shape index (κ3) is 3.19. The van der Waals surface area contributed by atoms with E-state index < -0.39 is 10.0 Å². The molecule has 5 nitrogen and oxygen atoms in total. The molecule has 0 fully saturated rings. The number of halogens is 1. The van der Waals surface area contributed by atoms with Gasteiger partial charge in [-0.2, -0.15) is 4.31 Å². The average Bonchev–Trinajstić information content (AvgIpc) is 2.38. The highest BCUT2D eigenvalue weighted by Gasteiger charge is 2.29. The smallest absolute Gasteiger partial charge is 0.225 e. The van der Waals surface area contributed by atoms with Gasteiger partial charge in [-0.1, -0.05) is 32.4 Å². The molecule has 0 spiro atoms. The Morgan fingerprint density at radius 1 is 1.25 bits per heavy atom. The highest BCUT2D eigenvalue weighted by atomic mass is 35.5. The van der Waals surface area contributed by atoms with E-state index in [2.05, 4.69) is 30.7 Å². The van der Waals surface area contributed by atoms with Crippen molar-refractivity contribution in [1.29, 1.82) is 0 Å². The van der Waals surface area contributed by atoms with E-state index in [1.807, 2.05) is 6.08 Å². The lowest BCUT2D eigenvalue weighted by molar-refractivity contribution is 0.389. The number of nitrogens with zero attached hydrogens (tertiary/aromatic N) is 3. The van der Waals surface area contributed by atoms with Crippen LogP contribution >= 0.6 is 11.6 Å². The van der Waals surface area contributed by atoms with Crippen molar-refractivity contribution >= 4 is 21.6 Å². The number of rotatable bonds is 2. The van der Waals surface area contributed by atoms with Gasteiger partial charge in [0.2, 0.25) is 15.3 Å². The van der Waals surface area contributed by atoms with Crippen molar-refractivity contribution in [3.8, 4) is 0 Å². The Morgan fingerprint density at radius 2 is 1.85 bits per heavy atom. The van der Waals surface area contributed by atoms with Crippen molar-refractivity contribution in [3.05, 3.63) is 29.3 Å². The van der Waals surface area contributed by atoms with Gasteiger partial charge in [-0.3, -0.25) is 0 Å². The maximum absolute atomic E-state index is 12.4. The van der Waals surface area contributed by atoms with Crippen molar-refractivity contribution in [1.82, 2.24) is 14.3 Å². The second-order valence-electron chi connectivity index (χ2n) is 5.78. The quantitative estimate of drug-likeness (QED) is 0.621. The molecule has 110 valence electrons. The molecule has 0 N–H and O–H groups in total. The molecule has 0 aromatic carbocycles. The summed E-state index contributed by atoms with van der Waals surface area (Å²) < 4.78 is 26.3. The van der Waals surface area contributed by atoms with Crippen LogP contribution in [0.3, 0.4) is 0 Å². The lowest BCUT2D eigenvalue weighted by Gasteiger charge is -2.31. The molecule has 0 aliphatic carbocycles. The molecule has 1 aromatic rings. The van der Waals surface area contributed by atoms with Gasteiger partial charge in [0.1, 0.15) is 4.90 Å². The summed E-state index contributed by atoms with van der Waals surface area (Å²) in [5.74, 6) is 0. The zero-order valence-corrected chi connectivity index (χ0v) is 13.4. The summed E-state index contributed by atoms with van der Waals surface area (Å²) >= 11 is 5.58. The lowest BCUT2D eigenvalue weighted by Crippen LogP contribution is -2.36. The Balaban J connectivity index is 2.21. The summed E-state index contributed by atoms with van der Waals surface area (Å²) in [4.78, 5) is 7.53. The van der Waals surface area contributed by atoms with Crippen LogP contribution in [0.4, 0.5) is 0 Å². The summed E-state index contributed by atoms with van der Waals surface area (Å²) in [6, 6.07) is 0. The van der Waals surface area contributed by atoms with Gasteiger partial charge in [-0.15, -0.1) is 0 Å². The minimum absolute atomic E-state index is 0.0394. The first-order valence-corrected chi connectivity index (χ1v) is 8.20. The normalized spacial score (nSPS) is 17.9. The van der Waals surface area contributed by atoms with Gasteiger partial charge < -0.3 is 0 Å². The second kappa shape index (κ2) is 5.42. The molecule has 1 aliphatic heterocycles. The van der Waals surface area contributed by atoms with Crippen molar-refractivity contribution in [2.75, 3.05) is 13.1 Å². The average molecular weight is 316 g/mol. The van der Waals surface area contributed by atoms with E-state index in [1.165, 1.54) is 22.3 Å². The zero-order chi connectivity index (χ0) is 15.0. The third-order valence-electron chi connectivity index (χ3n) is 3.37. The Hall–Kier alpha value is -0.980. The predicted molar refractivity (Wildman–Crippen MR) is 78.0 cm³/mol. The first-order chi connectivity index (χ1) is 9.21. The maximum Gasteiger partial charge on any atom is 0.246 e. The topological polar surface area (TPSA) is 63.2 Å². The largest absolute Gasteiger partial charge is 0.246 e. The van der Waals surface area contributed by atoms with E-state index in [0.29, 0.717) is 13.1 Å². The van der Waals surface area contributed by atoms with Gasteiger partial charge in [-0.05, 0) is 23.4 Å². The van der Waals surface area contributed by atoms with Gasteiger partial charge in [0.25, 0.3) is 0 Å². The highest BCUT2D eigenvalue weighted by molar-refractivity contribution is 7.89. The van der Waals surface area contributed by atoms with Crippen molar-refractivity contribution < 1.29 is 8.42 Å². The van der Waals surface area contributed by atoms with Crippen molar-refractivity contribution in [2.45, 2.75) is 32.1 Å². The third-order valence-corrected chi connectivity index (χ3v) is 5.38. The van der Waals surface area contributed by atoms with Crippen LogP contribution in [0.5, 0.6) is 0 Å². The molecule has 0 radical (unpaired) electrons. The number of aromatic nitrogens is 2. The van der Waals surface area contributed by atoms with E-state index in [0.717, 1.165) is 6.42 Å². The molecule has 0 amide bonds. The van der Waals surface area contributed by atoms with Gasteiger partial charge in [0.05, 0.1) is 12.4 Å². The first kappa shape index (κ1) is 15.4. The standard InChI is InChI=1S/C13H18ClN3O2S/c1-13(2,3)10-4-6-17(7-5-10)20(18,19)11-8-15-12(14)16-9-11/h4,8-9H,5-7H2,1-3H3. The Labute approximate surface area is 124 Å². The Bertz CT molecular complexity index is 618. The van der Waals surface area contributed by atoms with Crippen molar-refractivity contribution in [2.24, 2.45) is 5.41 Å². The number of hydrogen-bond acceptors (Lipinski definition) is 4. The summed E-state index contributed by atoms with van der Waals surface area (Å²) in [6.45, 7) is 7.27. The monoisotopic (exact) mass is 315 g/mol. The number of hydrogen-bond donors (Lipinski definition) is 0. The van der Waals surface area contributed by atoms with E-state index in [1.54, 1.807) is 0 Å². The summed E-state index contributed by atoms with van der Waals surface area (Å²) in [5, 5.41) is 0.0394. The molecule has 2 heterocycles. The van der Waals surface area contributed by atoms with Gasteiger partial charge in [0.15, 0.2) is 0 Å². The van der Waals surface area contributed by atoms with Crippen LogP contribution in [-0.4, -0.2) is 35.8 Å². The van der Waals surface area contributed by atoms with Crippen LogP contribution in [-0.2, 0) is 10.0 Å². The molecule has 1 aromatic heterocycles. The molecular formula is C13H18ClN3O2S. The van der Waals surface area contributed by atoms with Crippen LogP contribution in [0, 0.1) is 5.41 Å². The fraction of sp³-hybridized carbons (Fsp3) is 0.538. The molecule has 0 bridgehead atoms. The number of sulfonamides is 1. The maximum atomic E-state index is 12.4. The van der Waals surface area contributed by atoms with Gasteiger partial charge in [0, 0.05) is 13.1 Å². The first-order valence-electron chi connectivity index (χ1n) is 6.38. The van der Waals surface area contributed by atoms with E-state index in [-0.39, 0.29) is 15.6 Å². The van der Waals surface area contributed by atoms with Crippen LogP contribution in [0.1, 0.15) is 27.2 Å². The Morgan fingerprint density at radius 3 is 2.30 bits per heavy atom. The minimum atomic E-state index is -3.54. The predicted octanol–water partition coefficient (Wildman–Crippen LogP) is 2.50. The minimum Gasteiger partial charge on any atom is -0.225 e. The molecule has 0 saturated carbocycles. The molecule has 0 atom stereocenters. The van der Waals surface area contributed by atoms with Crippen molar-refractivity contribution in [3.63, 3.8) is 0 Å². The molecular weight excluding hydrogens is 298 g/mol. The molecule has 0 saturated heterocycles. The molecule has 20 heavy (non-hydrogen) atoms. The zero-order valence-electron chi connectivity index (χ0n) is 11.8. The lowest BCUT2D eigenvalue weighted by atomic mass is 9.83.